The average Bonchev–Trinajstić information content (AvgIpc) is 2.54. The van der Waals surface area contributed by atoms with Gasteiger partial charge in [0.2, 0.25) is 0 Å². The first-order valence-electron chi connectivity index (χ1n) is 7.72. The summed E-state index contributed by atoms with van der Waals surface area (Å²) in [5.41, 5.74) is -0.237. The molecule has 1 N–H and O–H groups in total. The molecule has 0 fully saturated rings. The van der Waals surface area contributed by atoms with Crippen molar-refractivity contribution in [3.05, 3.63) is 34.9 Å². The topological polar surface area (TPSA) is 89.9 Å². The summed E-state index contributed by atoms with van der Waals surface area (Å²) < 4.78 is 10.1. The number of esters is 2. The van der Waals surface area contributed by atoms with Crippen molar-refractivity contribution in [1.82, 2.24) is 0 Å². The molecule has 6 nitrogen and oxygen atoms in total. The number of carbonyl (C=O) groups excluding carboxylic acids is 2. The second-order valence-electron chi connectivity index (χ2n) is 5.04. The van der Waals surface area contributed by atoms with E-state index in [1.807, 2.05) is 13.8 Å². The predicted octanol–water partition coefficient (Wildman–Crippen LogP) is 3.30. The Kier molecular flexibility index (Phi) is 7.80. The fourth-order valence-corrected chi connectivity index (χ4v) is 1.81. The summed E-state index contributed by atoms with van der Waals surface area (Å²) in [5.74, 6) is -2.61. The number of benzene rings is 1. The maximum atomic E-state index is 11.9. The first-order chi connectivity index (χ1) is 11.0. The number of ether oxygens (including phenoxy) is 2. The predicted molar refractivity (Wildman–Crippen MR) is 83.8 cm³/mol. The van der Waals surface area contributed by atoms with Gasteiger partial charge in [0.25, 0.3) is 0 Å². The quantitative estimate of drug-likeness (QED) is 0.554. The van der Waals surface area contributed by atoms with Crippen LogP contribution in [-0.2, 0) is 9.47 Å². The maximum absolute atomic E-state index is 11.9. The molecule has 0 atom stereocenters. The van der Waals surface area contributed by atoms with Gasteiger partial charge in [0.15, 0.2) is 0 Å². The molecule has 23 heavy (non-hydrogen) atoms. The van der Waals surface area contributed by atoms with Crippen LogP contribution in [0.2, 0.25) is 0 Å². The summed E-state index contributed by atoms with van der Waals surface area (Å²) in [6, 6.07) is 3.80. The number of rotatable bonds is 9. The van der Waals surface area contributed by atoms with Gasteiger partial charge in [0, 0.05) is 0 Å². The minimum Gasteiger partial charge on any atom is -0.478 e. The molecule has 1 rings (SSSR count). The molecule has 0 radical (unpaired) electrons. The van der Waals surface area contributed by atoms with Gasteiger partial charge >= 0.3 is 17.9 Å². The van der Waals surface area contributed by atoms with Gasteiger partial charge in [-0.2, -0.15) is 0 Å². The Morgan fingerprint density at radius 1 is 0.913 bits per heavy atom. The lowest BCUT2D eigenvalue weighted by molar-refractivity contribution is 0.0479. The maximum Gasteiger partial charge on any atom is 0.339 e. The standard InChI is InChI=1S/C17H22O6/c1-3-5-9-22-16(20)12-7-8-13(14(11-12)15(18)19)17(21)23-10-6-4-2/h7-8,11H,3-6,9-10H2,1-2H3,(H,18,19). The van der Waals surface area contributed by atoms with Crippen LogP contribution in [0.5, 0.6) is 0 Å². The Balaban J connectivity index is 2.91. The summed E-state index contributed by atoms with van der Waals surface area (Å²) in [6.07, 6.45) is 3.19. The SMILES string of the molecule is CCCCOC(=O)c1ccc(C(=O)OCCCC)c(C(=O)O)c1. The van der Waals surface area contributed by atoms with Gasteiger partial charge in [0.05, 0.1) is 29.9 Å². The Bertz CT molecular complexity index is 564. The van der Waals surface area contributed by atoms with Crippen molar-refractivity contribution in [2.75, 3.05) is 13.2 Å². The van der Waals surface area contributed by atoms with E-state index in [2.05, 4.69) is 0 Å². The smallest absolute Gasteiger partial charge is 0.339 e. The van der Waals surface area contributed by atoms with Crippen LogP contribution in [0.4, 0.5) is 0 Å². The molecule has 0 bridgehead atoms. The zero-order valence-corrected chi connectivity index (χ0v) is 13.5. The second-order valence-corrected chi connectivity index (χ2v) is 5.04. The molecule has 0 spiro atoms. The van der Waals surface area contributed by atoms with Crippen LogP contribution in [0, 0.1) is 0 Å². The van der Waals surface area contributed by atoms with Gasteiger partial charge < -0.3 is 14.6 Å². The highest BCUT2D eigenvalue weighted by Gasteiger charge is 2.20. The summed E-state index contributed by atoms with van der Waals surface area (Å²) >= 11 is 0. The summed E-state index contributed by atoms with van der Waals surface area (Å²) in [5, 5.41) is 9.25. The normalized spacial score (nSPS) is 10.2. The van der Waals surface area contributed by atoms with Gasteiger partial charge in [-0.1, -0.05) is 26.7 Å². The summed E-state index contributed by atoms with van der Waals surface area (Å²) in [7, 11) is 0. The lowest BCUT2D eigenvalue weighted by Gasteiger charge is -2.09. The van der Waals surface area contributed by atoms with Crippen LogP contribution >= 0.6 is 0 Å². The zero-order chi connectivity index (χ0) is 17.2. The number of hydrogen-bond acceptors (Lipinski definition) is 5. The molecular formula is C17H22O6. The number of carboxylic acids is 1. The first-order valence-corrected chi connectivity index (χ1v) is 7.72. The van der Waals surface area contributed by atoms with E-state index in [1.165, 1.54) is 12.1 Å². The average molecular weight is 322 g/mol. The minimum atomic E-state index is -1.30. The van der Waals surface area contributed by atoms with Crippen molar-refractivity contribution in [3.63, 3.8) is 0 Å². The summed E-state index contributed by atoms with van der Waals surface area (Å²) in [4.78, 5) is 35.1. The molecule has 0 amide bonds. The van der Waals surface area contributed by atoms with Crippen LogP contribution in [0.3, 0.4) is 0 Å². The van der Waals surface area contributed by atoms with E-state index in [0.29, 0.717) is 6.42 Å². The van der Waals surface area contributed by atoms with E-state index in [9.17, 15) is 19.5 Å². The molecule has 0 heterocycles. The molecule has 1 aromatic rings. The summed E-state index contributed by atoms with van der Waals surface area (Å²) in [6.45, 7) is 4.43. The van der Waals surface area contributed by atoms with Crippen molar-refractivity contribution >= 4 is 17.9 Å². The van der Waals surface area contributed by atoms with Crippen molar-refractivity contribution in [1.29, 1.82) is 0 Å². The highest BCUT2D eigenvalue weighted by atomic mass is 16.5. The number of aromatic carboxylic acids is 1. The lowest BCUT2D eigenvalue weighted by Crippen LogP contribution is -2.14. The molecule has 6 heteroatoms. The molecule has 0 saturated heterocycles. The van der Waals surface area contributed by atoms with Gasteiger partial charge in [0.1, 0.15) is 0 Å². The van der Waals surface area contributed by atoms with E-state index < -0.39 is 17.9 Å². The van der Waals surface area contributed by atoms with Crippen LogP contribution < -0.4 is 0 Å². The third kappa shape index (κ3) is 5.73. The monoisotopic (exact) mass is 322 g/mol. The highest BCUT2D eigenvalue weighted by molar-refractivity contribution is 6.04. The van der Waals surface area contributed by atoms with Crippen molar-refractivity contribution in [2.24, 2.45) is 0 Å². The number of hydrogen-bond donors (Lipinski definition) is 1. The lowest BCUT2D eigenvalue weighted by atomic mass is 10.0. The molecule has 126 valence electrons. The largest absolute Gasteiger partial charge is 0.478 e. The molecule has 0 aromatic heterocycles. The van der Waals surface area contributed by atoms with E-state index >= 15 is 0 Å². The molecule has 0 aliphatic heterocycles. The van der Waals surface area contributed by atoms with E-state index in [4.69, 9.17) is 9.47 Å². The van der Waals surface area contributed by atoms with Crippen LogP contribution in [-0.4, -0.2) is 36.2 Å². The molecule has 0 aliphatic carbocycles. The fraction of sp³-hybridized carbons (Fsp3) is 0.471. The van der Waals surface area contributed by atoms with Crippen molar-refractivity contribution in [3.8, 4) is 0 Å². The highest BCUT2D eigenvalue weighted by Crippen LogP contribution is 2.15. The Hall–Kier alpha value is -2.37. The molecular weight excluding hydrogens is 300 g/mol. The van der Waals surface area contributed by atoms with E-state index in [-0.39, 0.29) is 29.9 Å². The molecule has 0 unspecified atom stereocenters. The minimum absolute atomic E-state index is 0.0706. The second kappa shape index (κ2) is 9.61. The van der Waals surface area contributed by atoms with Crippen LogP contribution in [0.15, 0.2) is 18.2 Å². The third-order valence-corrected chi connectivity index (χ3v) is 3.17. The van der Waals surface area contributed by atoms with Crippen LogP contribution in [0.1, 0.15) is 70.6 Å². The Morgan fingerprint density at radius 3 is 2.00 bits per heavy atom. The molecule has 1 aromatic carbocycles. The number of carbonyl (C=O) groups is 3. The van der Waals surface area contributed by atoms with Gasteiger partial charge in [-0.05, 0) is 31.0 Å². The third-order valence-electron chi connectivity index (χ3n) is 3.17. The van der Waals surface area contributed by atoms with Gasteiger partial charge in [-0.25, -0.2) is 14.4 Å². The number of unbranched alkanes of at least 4 members (excludes halogenated alkanes) is 2. The van der Waals surface area contributed by atoms with Crippen LogP contribution in [0.25, 0.3) is 0 Å². The molecule has 0 aliphatic rings. The zero-order valence-electron chi connectivity index (χ0n) is 13.5. The van der Waals surface area contributed by atoms with Crippen molar-refractivity contribution in [2.45, 2.75) is 39.5 Å². The Labute approximate surface area is 135 Å². The fourth-order valence-electron chi connectivity index (χ4n) is 1.81. The molecule has 0 saturated carbocycles. The van der Waals surface area contributed by atoms with Gasteiger partial charge in [-0.3, -0.25) is 0 Å². The first kappa shape index (κ1) is 18.7. The van der Waals surface area contributed by atoms with E-state index in [0.717, 1.165) is 25.3 Å². The number of carboxylic acid groups (broad SMARTS) is 1. The Morgan fingerprint density at radius 2 is 1.48 bits per heavy atom. The van der Waals surface area contributed by atoms with Crippen molar-refractivity contribution < 1.29 is 29.0 Å². The van der Waals surface area contributed by atoms with Gasteiger partial charge in [-0.15, -0.1) is 0 Å². The van der Waals surface area contributed by atoms with E-state index in [1.54, 1.807) is 0 Å².